The molecule has 5 rings (SSSR count). The van der Waals surface area contributed by atoms with Crippen molar-refractivity contribution in [2.24, 2.45) is 0 Å². The van der Waals surface area contributed by atoms with Crippen LogP contribution >= 0.6 is 11.6 Å². The standard InChI is InChI=1S/C22H14ClF3N6O2/c1-11-10-31-18(15(23)9-28-31)7-16(11)30-21(34)14-8-29-32(19(14)22(24,25)26)17-4-2-3-13-12(17)5-6-27-20(13)33/h2-10H,1H3,(H,27,33)(H,30,34). The molecule has 34 heavy (non-hydrogen) atoms. The first-order valence-corrected chi connectivity index (χ1v) is 10.2. The third kappa shape index (κ3) is 3.50. The van der Waals surface area contributed by atoms with Gasteiger partial charge in [0, 0.05) is 28.9 Å². The third-order valence-corrected chi connectivity index (χ3v) is 5.65. The van der Waals surface area contributed by atoms with Crippen LogP contribution in [0.2, 0.25) is 5.02 Å². The zero-order chi connectivity index (χ0) is 24.2. The molecule has 8 nitrogen and oxygen atoms in total. The van der Waals surface area contributed by atoms with Gasteiger partial charge in [-0.3, -0.25) is 9.59 Å². The van der Waals surface area contributed by atoms with E-state index in [2.05, 4.69) is 20.5 Å². The summed E-state index contributed by atoms with van der Waals surface area (Å²) < 4.78 is 44.6. The van der Waals surface area contributed by atoms with E-state index in [1.165, 1.54) is 47.2 Å². The number of aromatic amines is 1. The van der Waals surface area contributed by atoms with Crippen molar-refractivity contribution >= 4 is 39.5 Å². The number of aryl methyl sites for hydroxylation is 1. The molecule has 172 valence electrons. The van der Waals surface area contributed by atoms with Gasteiger partial charge in [-0.15, -0.1) is 0 Å². The average molecular weight is 487 g/mol. The second-order valence-corrected chi connectivity index (χ2v) is 7.92. The van der Waals surface area contributed by atoms with Crippen LogP contribution in [0.3, 0.4) is 0 Å². The van der Waals surface area contributed by atoms with Crippen LogP contribution in [-0.2, 0) is 6.18 Å². The van der Waals surface area contributed by atoms with Crippen LogP contribution in [0.1, 0.15) is 21.6 Å². The van der Waals surface area contributed by atoms with Gasteiger partial charge in [0.25, 0.3) is 11.5 Å². The fourth-order valence-electron chi connectivity index (χ4n) is 3.78. The summed E-state index contributed by atoms with van der Waals surface area (Å²) in [6, 6.07) is 7.33. The van der Waals surface area contributed by atoms with Gasteiger partial charge in [-0.05, 0) is 36.8 Å². The lowest BCUT2D eigenvalue weighted by molar-refractivity contribution is -0.143. The van der Waals surface area contributed by atoms with Gasteiger partial charge in [-0.1, -0.05) is 17.7 Å². The number of H-pyrrole nitrogens is 1. The SMILES string of the molecule is Cc1cn2ncc(Cl)c2cc1NC(=O)c1cnn(-c2cccc3c(=O)[nH]ccc23)c1C(F)(F)F. The van der Waals surface area contributed by atoms with E-state index in [1.807, 2.05) is 0 Å². The number of amides is 1. The van der Waals surface area contributed by atoms with Crippen molar-refractivity contribution in [2.75, 3.05) is 5.32 Å². The number of carbonyl (C=O) groups excluding carboxylic acids is 1. The molecule has 2 N–H and O–H groups in total. The highest BCUT2D eigenvalue weighted by Crippen LogP contribution is 2.35. The van der Waals surface area contributed by atoms with Gasteiger partial charge in [-0.2, -0.15) is 23.4 Å². The number of fused-ring (bicyclic) bond motifs is 2. The first-order valence-electron chi connectivity index (χ1n) is 9.86. The smallest absolute Gasteiger partial charge is 0.329 e. The zero-order valence-corrected chi connectivity index (χ0v) is 18.1. The van der Waals surface area contributed by atoms with Gasteiger partial charge < -0.3 is 10.3 Å². The van der Waals surface area contributed by atoms with E-state index in [9.17, 15) is 22.8 Å². The number of halogens is 4. The fraction of sp³-hybridized carbons (Fsp3) is 0.0909. The van der Waals surface area contributed by atoms with E-state index >= 15 is 0 Å². The number of nitrogens with one attached hydrogen (secondary N) is 2. The topological polar surface area (TPSA) is 97.1 Å². The number of hydrogen-bond donors (Lipinski definition) is 2. The lowest BCUT2D eigenvalue weighted by Gasteiger charge is -2.15. The molecule has 5 aromatic rings. The van der Waals surface area contributed by atoms with E-state index in [1.54, 1.807) is 13.1 Å². The van der Waals surface area contributed by atoms with Crippen molar-refractivity contribution in [3.05, 3.63) is 87.3 Å². The van der Waals surface area contributed by atoms with Crippen LogP contribution in [0, 0.1) is 6.92 Å². The Morgan fingerprint density at radius 3 is 2.71 bits per heavy atom. The molecule has 0 aliphatic rings. The molecule has 0 aliphatic heterocycles. The first kappa shape index (κ1) is 21.7. The Kier molecular flexibility index (Phi) is 4.94. The quantitative estimate of drug-likeness (QED) is 0.389. The number of hydrogen-bond acceptors (Lipinski definition) is 4. The number of rotatable bonds is 3. The zero-order valence-electron chi connectivity index (χ0n) is 17.3. The summed E-state index contributed by atoms with van der Waals surface area (Å²) in [5.74, 6) is -1.00. The maximum absolute atomic E-state index is 14.2. The number of pyridine rings is 2. The molecule has 0 spiro atoms. The second kappa shape index (κ2) is 7.73. The number of nitrogens with zero attached hydrogens (tertiary/aromatic N) is 4. The fourth-order valence-corrected chi connectivity index (χ4v) is 3.96. The molecule has 4 heterocycles. The lowest BCUT2D eigenvalue weighted by Crippen LogP contribution is -2.21. The summed E-state index contributed by atoms with van der Waals surface area (Å²) >= 11 is 6.08. The molecular formula is C22H14ClF3N6O2. The average Bonchev–Trinajstić information content (AvgIpc) is 3.38. The second-order valence-electron chi connectivity index (χ2n) is 7.51. The highest BCUT2D eigenvalue weighted by atomic mass is 35.5. The van der Waals surface area contributed by atoms with E-state index in [-0.39, 0.29) is 22.1 Å². The minimum Gasteiger partial charge on any atom is -0.329 e. The van der Waals surface area contributed by atoms with E-state index in [4.69, 9.17) is 11.6 Å². The predicted octanol–water partition coefficient (Wildman–Crippen LogP) is 4.59. The Hall–Kier alpha value is -4.12. The molecule has 0 radical (unpaired) electrons. The molecular weight excluding hydrogens is 473 g/mol. The van der Waals surface area contributed by atoms with Crippen LogP contribution in [0.5, 0.6) is 0 Å². The Balaban J connectivity index is 1.63. The Morgan fingerprint density at radius 1 is 1.15 bits per heavy atom. The molecule has 0 unspecified atom stereocenters. The largest absolute Gasteiger partial charge is 0.434 e. The predicted molar refractivity (Wildman–Crippen MR) is 120 cm³/mol. The maximum Gasteiger partial charge on any atom is 0.434 e. The van der Waals surface area contributed by atoms with Crippen molar-refractivity contribution in [1.82, 2.24) is 24.4 Å². The van der Waals surface area contributed by atoms with Gasteiger partial charge in [0.15, 0.2) is 5.69 Å². The van der Waals surface area contributed by atoms with Crippen molar-refractivity contribution in [2.45, 2.75) is 13.1 Å². The summed E-state index contributed by atoms with van der Waals surface area (Å²) in [4.78, 5) is 27.6. The maximum atomic E-state index is 14.2. The molecule has 0 saturated heterocycles. The van der Waals surface area contributed by atoms with Gasteiger partial charge in [0.2, 0.25) is 0 Å². The molecule has 0 fully saturated rings. The Bertz CT molecular complexity index is 1650. The van der Waals surface area contributed by atoms with Gasteiger partial charge in [0.05, 0.1) is 34.2 Å². The Labute approximate surface area is 193 Å². The van der Waals surface area contributed by atoms with Crippen LogP contribution in [0.4, 0.5) is 18.9 Å². The molecule has 0 aliphatic carbocycles. The van der Waals surface area contributed by atoms with Crippen molar-refractivity contribution in [1.29, 1.82) is 0 Å². The van der Waals surface area contributed by atoms with E-state index < -0.39 is 28.9 Å². The first-order chi connectivity index (χ1) is 16.1. The van der Waals surface area contributed by atoms with Gasteiger partial charge in [0.1, 0.15) is 0 Å². The molecule has 1 aromatic carbocycles. The third-order valence-electron chi connectivity index (χ3n) is 5.36. The molecule has 12 heteroatoms. The van der Waals surface area contributed by atoms with Crippen molar-refractivity contribution < 1.29 is 18.0 Å². The molecule has 1 amide bonds. The van der Waals surface area contributed by atoms with Crippen LogP contribution in [0.25, 0.3) is 22.0 Å². The van der Waals surface area contributed by atoms with Crippen LogP contribution in [-0.4, -0.2) is 30.3 Å². The summed E-state index contributed by atoms with van der Waals surface area (Å²) in [7, 11) is 0. The lowest BCUT2D eigenvalue weighted by atomic mass is 10.1. The van der Waals surface area contributed by atoms with E-state index in [0.717, 1.165) is 6.20 Å². The van der Waals surface area contributed by atoms with Gasteiger partial charge in [-0.25, -0.2) is 9.20 Å². The molecule has 0 saturated carbocycles. The monoisotopic (exact) mass is 486 g/mol. The molecule has 0 atom stereocenters. The minimum atomic E-state index is -4.92. The number of alkyl halides is 3. The van der Waals surface area contributed by atoms with Crippen LogP contribution in [0.15, 0.2) is 59.9 Å². The van der Waals surface area contributed by atoms with Crippen LogP contribution < -0.4 is 10.9 Å². The summed E-state index contributed by atoms with van der Waals surface area (Å²) in [5, 5.41) is 11.2. The van der Waals surface area contributed by atoms with Crippen molar-refractivity contribution in [3.8, 4) is 5.69 Å². The minimum absolute atomic E-state index is 0.0126. The summed E-state index contributed by atoms with van der Waals surface area (Å²) in [6.07, 6.45) is 0.282. The Morgan fingerprint density at radius 2 is 1.94 bits per heavy atom. The number of benzene rings is 1. The van der Waals surface area contributed by atoms with Gasteiger partial charge >= 0.3 is 6.18 Å². The normalized spacial score (nSPS) is 11.9. The number of carbonyl (C=O) groups is 1. The number of aromatic nitrogens is 5. The van der Waals surface area contributed by atoms with Crippen molar-refractivity contribution in [3.63, 3.8) is 0 Å². The summed E-state index contributed by atoms with van der Waals surface area (Å²) in [6.45, 7) is 1.67. The highest BCUT2D eigenvalue weighted by Gasteiger charge is 2.41. The number of anilines is 1. The van der Waals surface area contributed by atoms with E-state index in [0.29, 0.717) is 20.8 Å². The molecule has 4 aromatic heterocycles. The molecule has 0 bridgehead atoms. The summed E-state index contributed by atoms with van der Waals surface area (Å²) in [5.41, 5.74) is -1.06. The highest BCUT2D eigenvalue weighted by molar-refractivity contribution is 6.33.